The molecule has 1 unspecified atom stereocenters. The van der Waals surface area contributed by atoms with Crippen LogP contribution in [0.25, 0.3) is 5.52 Å². The van der Waals surface area contributed by atoms with Gasteiger partial charge in [0.15, 0.2) is 5.82 Å². The molecule has 0 spiro atoms. The van der Waals surface area contributed by atoms with Gasteiger partial charge in [-0.2, -0.15) is 0 Å². The molecule has 6 heteroatoms. The first-order chi connectivity index (χ1) is 9.60. The van der Waals surface area contributed by atoms with Crippen molar-refractivity contribution in [3.63, 3.8) is 0 Å². The topological polar surface area (TPSA) is 55.6 Å². The fraction of sp³-hybridized carbons (Fsp3) is 0.286. The lowest BCUT2D eigenvalue weighted by Gasteiger charge is -2.11. The highest BCUT2D eigenvalue weighted by molar-refractivity contribution is 9.10. The SMILES string of the molecule is C=CCCOC(C)C(=O)Nc1cc2ccc(Br)cn2n1. The third-order valence-corrected chi connectivity index (χ3v) is 3.20. The van der Waals surface area contributed by atoms with Gasteiger partial charge in [-0.05, 0) is 41.4 Å². The van der Waals surface area contributed by atoms with Gasteiger partial charge >= 0.3 is 0 Å². The molecule has 2 rings (SSSR count). The number of rotatable bonds is 6. The lowest BCUT2D eigenvalue weighted by molar-refractivity contribution is -0.126. The number of fused-ring (bicyclic) bond motifs is 1. The summed E-state index contributed by atoms with van der Waals surface area (Å²) in [5.74, 6) is 0.295. The molecule has 0 saturated carbocycles. The first-order valence-corrected chi connectivity index (χ1v) is 7.08. The average Bonchev–Trinajstić information content (AvgIpc) is 2.80. The first kappa shape index (κ1) is 14.7. The summed E-state index contributed by atoms with van der Waals surface area (Å²) in [6, 6.07) is 5.64. The predicted octanol–water partition coefficient (Wildman–Crippen LogP) is 3.02. The fourth-order valence-electron chi connectivity index (χ4n) is 1.65. The van der Waals surface area contributed by atoms with Gasteiger partial charge in [0.2, 0.25) is 0 Å². The number of anilines is 1. The number of hydrogen-bond donors (Lipinski definition) is 1. The van der Waals surface area contributed by atoms with Crippen molar-refractivity contribution in [3.8, 4) is 0 Å². The summed E-state index contributed by atoms with van der Waals surface area (Å²) in [5.41, 5.74) is 0.906. The summed E-state index contributed by atoms with van der Waals surface area (Å²) in [7, 11) is 0. The number of nitrogens with one attached hydrogen (secondary N) is 1. The minimum absolute atomic E-state index is 0.212. The minimum atomic E-state index is -0.522. The van der Waals surface area contributed by atoms with Crippen molar-refractivity contribution < 1.29 is 9.53 Å². The standard InChI is InChI=1S/C14H16BrN3O2/c1-3-4-7-20-10(2)14(19)16-13-8-12-6-5-11(15)9-18(12)17-13/h3,5-6,8-10H,1,4,7H2,2H3,(H,16,17,19). The predicted molar refractivity (Wildman–Crippen MR) is 81.7 cm³/mol. The number of nitrogens with zero attached hydrogens (tertiary/aromatic N) is 2. The lowest BCUT2D eigenvalue weighted by atomic mass is 10.3. The van der Waals surface area contributed by atoms with Gasteiger partial charge in [-0.25, -0.2) is 4.52 Å². The molecule has 0 aliphatic rings. The van der Waals surface area contributed by atoms with Gasteiger partial charge < -0.3 is 10.1 Å². The van der Waals surface area contributed by atoms with Gasteiger partial charge in [0, 0.05) is 16.7 Å². The molecule has 106 valence electrons. The molecule has 2 aromatic rings. The van der Waals surface area contributed by atoms with Crippen molar-refractivity contribution in [2.75, 3.05) is 11.9 Å². The van der Waals surface area contributed by atoms with Crippen LogP contribution in [0.5, 0.6) is 0 Å². The number of carbonyl (C=O) groups excluding carboxylic acids is 1. The van der Waals surface area contributed by atoms with Crippen molar-refractivity contribution in [3.05, 3.63) is 41.5 Å². The van der Waals surface area contributed by atoms with E-state index in [1.165, 1.54) is 0 Å². The first-order valence-electron chi connectivity index (χ1n) is 6.28. The normalized spacial score (nSPS) is 12.3. The lowest BCUT2D eigenvalue weighted by Crippen LogP contribution is -2.28. The van der Waals surface area contributed by atoms with Crippen molar-refractivity contribution in [1.82, 2.24) is 9.61 Å². The Hall–Kier alpha value is -1.66. The highest BCUT2D eigenvalue weighted by Crippen LogP contribution is 2.15. The molecule has 1 amide bonds. The third-order valence-electron chi connectivity index (χ3n) is 2.73. The van der Waals surface area contributed by atoms with Crippen molar-refractivity contribution >= 4 is 33.2 Å². The van der Waals surface area contributed by atoms with Crippen LogP contribution in [-0.4, -0.2) is 28.2 Å². The summed E-state index contributed by atoms with van der Waals surface area (Å²) < 4.78 is 8.00. The number of aromatic nitrogens is 2. The smallest absolute Gasteiger partial charge is 0.254 e. The molecule has 0 radical (unpaired) electrons. The Kier molecular flexibility index (Phi) is 4.92. The summed E-state index contributed by atoms with van der Waals surface area (Å²) in [6.45, 7) is 5.80. The largest absolute Gasteiger partial charge is 0.368 e. The number of pyridine rings is 1. The summed E-state index contributed by atoms with van der Waals surface area (Å²) >= 11 is 3.37. The van der Waals surface area contributed by atoms with Crippen LogP contribution >= 0.6 is 15.9 Å². The summed E-state index contributed by atoms with van der Waals surface area (Å²) in [4.78, 5) is 11.9. The van der Waals surface area contributed by atoms with E-state index in [4.69, 9.17) is 4.74 Å². The van der Waals surface area contributed by atoms with Gasteiger partial charge in [-0.3, -0.25) is 4.79 Å². The van der Waals surface area contributed by atoms with E-state index in [9.17, 15) is 4.79 Å². The van der Waals surface area contributed by atoms with Gasteiger partial charge in [0.25, 0.3) is 5.91 Å². The number of amides is 1. The molecule has 0 bridgehead atoms. The fourth-order valence-corrected chi connectivity index (χ4v) is 1.98. The second kappa shape index (κ2) is 6.67. The minimum Gasteiger partial charge on any atom is -0.368 e. The molecular formula is C14H16BrN3O2. The highest BCUT2D eigenvalue weighted by Gasteiger charge is 2.14. The molecule has 5 nitrogen and oxygen atoms in total. The molecule has 1 N–H and O–H groups in total. The molecular weight excluding hydrogens is 322 g/mol. The monoisotopic (exact) mass is 337 g/mol. The zero-order chi connectivity index (χ0) is 14.5. The Bertz CT molecular complexity index is 624. The van der Waals surface area contributed by atoms with Crippen molar-refractivity contribution in [2.24, 2.45) is 0 Å². The molecule has 0 saturated heterocycles. The molecule has 0 aromatic carbocycles. The van der Waals surface area contributed by atoms with Gasteiger partial charge in [-0.1, -0.05) is 6.08 Å². The quantitative estimate of drug-likeness (QED) is 0.651. The van der Waals surface area contributed by atoms with Gasteiger partial charge in [0.05, 0.1) is 12.1 Å². The van der Waals surface area contributed by atoms with E-state index in [1.807, 2.05) is 18.3 Å². The molecule has 2 heterocycles. The number of carbonyl (C=O) groups is 1. The Morgan fingerprint density at radius 1 is 1.65 bits per heavy atom. The molecule has 0 fully saturated rings. The number of ether oxygens (including phenoxy) is 1. The van der Waals surface area contributed by atoms with Crippen molar-refractivity contribution in [2.45, 2.75) is 19.4 Å². The number of hydrogen-bond acceptors (Lipinski definition) is 3. The van der Waals surface area contributed by atoms with Crippen LogP contribution in [0.3, 0.4) is 0 Å². The Balaban J connectivity index is 2.00. The van der Waals surface area contributed by atoms with E-state index in [2.05, 4.69) is 32.9 Å². The maximum atomic E-state index is 11.9. The average molecular weight is 338 g/mol. The van der Waals surface area contributed by atoms with E-state index in [1.54, 1.807) is 23.6 Å². The molecule has 0 aliphatic carbocycles. The molecule has 1 atom stereocenters. The summed E-state index contributed by atoms with van der Waals surface area (Å²) in [6.07, 6.45) is 3.78. The second-order valence-electron chi connectivity index (χ2n) is 4.33. The Labute approximate surface area is 125 Å². The van der Waals surface area contributed by atoms with E-state index in [0.29, 0.717) is 12.4 Å². The van der Waals surface area contributed by atoms with E-state index in [-0.39, 0.29) is 5.91 Å². The zero-order valence-corrected chi connectivity index (χ0v) is 12.8. The van der Waals surface area contributed by atoms with Crippen LogP contribution < -0.4 is 5.32 Å². The highest BCUT2D eigenvalue weighted by atomic mass is 79.9. The number of halogens is 1. The van der Waals surface area contributed by atoms with Gasteiger partial charge in [-0.15, -0.1) is 11.7 Å². The van der Waals surface area contributed by atoms with E-state index < -0.39 is 6.10 Å². The zero-order valence-electron chi connectivity index (χ0n) is 11.2. The Morgan fingerprint density at radius 3 is 3.20 bits per heavy atom. The van der Waals surface area contributed by atoms with Crippen molar-refractivity contribution in [1.29, 1.82) is 0 Å². The molecule has 20 heavy (non-hydrogen) atoms. The van der Waals surface area contributed by atoms with Crippen LogP contribution in [0.2, 0.25) is 0 Å². The van der Waals surface area contributed by atoms with Gasteiger partial charge in [0.1, 0.15) is 6.10 Å². The summed E-state index contributed by atoms with van der Waals surface area (Å²) in [5, 5.41) is 7.02. The van der Waals surface area contributed by atoms with Crippen LogP contribution in [0, 0.1) is 0 Å². The van der Waals surface area contributed by atoms with Crippen LogP contribution in [0.4, 0.5) is 5.82 Å². The molecule has 0 aliphatic heterocycles. The third kappa shape index (κ3) is 3.68. The Morgan fingerprint density at radius 2 is 2.45 bits per heavy atom. The van der Waals surface area contributed by atoms with Crippen LogP contribution in [0.15, 0.2) is 41.5 Å². The van der Waals surface area contributed by atoms with E-state index in [0.717, 1.165) is 16.4 Å². The van der Waals surface area contributed by atoms with Crippen LogP contribution in [-0.2, 0) is 9.53 Å². The maximum Gasteiger partial charge on any atom is 0.254 e. The maximum absolute atomic E-state index is 11.9. The van der Waals surface area contributed by atoms with Crippen LogP contribution in [0.1, 0.15) is 13.3 Å². The van der Waals surface area contributed by atoms with E-state index >= 15 is 0 Å². The second-order valence-corrected chi connectivity index (χ2v) is 5.24. The molecule has 2 aromatic heterocycles.